The maximum absolute atomic E-state index is 11.0. The van der Waals surface area contributed by atoms with Gasteiger partial charge in [-0.05, 0) is 19.1 Å². The van der Waals surface area contributed by atoms with Crippen LogP contribution in [0.2, 0.25) is 15.1 Å². The predicted molar refractivity (Wildman–Crippen MR) is 104 cm³/mol. The van der Waals surface area contributed by atoms with Gasteiger partial charge >= 0.3 is 0 Å². The Morgan fingerprint density at radius 1 is 1.16 bits per heavy atom. The predicted octanol–water partition coefficient (Wildman–Crippen LogP) is 2.13. The van der Waals surface area contributed by atoms with E-state index in [0.717, 1.165) is 6.26 Å². The summed E-state index contributed by atoms with van der Waals surface area (Å²) in [7, 11) is -3.21. The summed E-state index contributed by atoms with van der Waals surface area (Å²) in [4.78, 5) is 4.25. The first-order valence-electron chi connectivity index (χ1n) is 7.47. The number of hydrogen-bond acceptors (Lipinski definition) is 4. The summed E-state index contributed by atoms with van der Waals surface area (Å²) in [6.07, 6.45) is 1.10. The van der Waals surface area contributed by atoms with Gasteiger partial charge in [0.25, 0.3) is 0 Å². The zero-order chi connectivity index (χ0) is 18.9. The zero-order valence-electron chi connectivity index (χ0n) is 13.9. The number of guanidine groups is 1. The molecule has 1 aromatic carbocycles. The van der Waals surface area contributed by atoms with Crippen molar-refractivity contribution in [2.75, 3.05) is 39.0 Å². The minimum Gasteiger partial charge on any atom is -0.489 e. The number of nitrogens with one attached hydrogen (secondary N) is 3. The Morgan fingerprint density at radius 2 is 1.80 bits per heavy atom. The highest BCUT2D eigenvalue weighted by Crippen LogP contribution is 2.35. The van der Waals surface area contributed by atoms with Gasteiger partial charge in [0.1, 0.15) is 6.61 Å². The highest BCUT2D eigenvalue weighted by Gasteiger charge is 2.09. The molecule has 0 radical (unpaired) electrons. The Kier molecular flexibility index (Phi) is 9.66. The zero-order valence-corrected chi connectivity index (χ0v) is 17.0. The molecule has 0 unspecified atom stereocenters. The number of sulfonamides is 1. The molecule has 0 heterocycles. The first kappa shape index (κ1) is 22.1. The van der Waals surface area contributed by atoms with Crippen molar-refractivity contribution in [2.45, 2.75) is 6.92 Å². The standard InChI is InChI=1S/C14H21Cl3N4O3S/c1-3-18-14(19-4-5-21-25(2,22)23)20-6-7-24-13-11(16)8-10(15)9-12(13)17/h8-9,21H,3-7H2,1-2H3,(H2,18,19,20). The molecule has 1 rings (SSSR count). The Bertz CT molecular complexity index is 676. The molecule has 0 saturated carbocycles. The van der Waals surface area contributed by atoms with E-state index < -0.39 is 10.0 Å². The van der Waals surface area contributed by atoms with E-state index in [0.29, 0.717) is 53.0 Å². The topological polar surface area (TPSA) is 91.8 Å². The first-order chi connectivity index (χ1) is 11.7. The van der Waals surface area contributed by atoms with Crippen LogP contribution in [0.3, 0.4) is 0 Å². The second-order valence-electron chi connectivity index (χ2n) is 4.90. The van der Waals surface area contributed by atoms with E-state index in [1.807, 2.05) is 6.92 Å². The maximum atomic E-state index is 11.0. The van der Waals surface area contributed by atoms with Crippen LogP contribution in [0.25, 0.3) is 0 Å². The van der Waals surface area contributed by atoms with Crippen molar-refractivity contribution in [1.29, 1.82) is 0 Å². The molecule has 25 heavy (non-hydrogen) atoms. The van der Waals surface area contributed by atoms with Gasteiger partial charge in [0.05, 0.1) is 29.4 Å². The molecule has 142 valence electrons. The molecule has 0 bridgehead atoms. The van der Waals surface area contributed by atoms with Gasteiger partial charge in [-0.2, -0.15) is 0 Å². The quantitative estimate of drug-likeness (QED) is 0.316. The summed E-state index contributed by atoms with van der Waals surface area (Å²) < 4.78 is 29.9. The summed E-state index contributed by atoms with van der Waals surface area (Å²) in [6.45, 7) is 3.87. The van der Waals surface area contributed by atoms with Gasteiger partial charge < -0.3 is 15.4 Å². The summed E-state index contributed by atoms with van der Waals surface area (Å²) in [5.74, 6) is 0.920. The molecule has 0 atom stereocenters. The van der Waals surface area contributed by atoms with Crippen molar-refractivity contribution in [2.24, 2.45) is 4.99 Å². The third-order valence-electron chi connectivity index (χ3n) is 2.69. The summed E-state index contributed by atoms with van der Waals surface area (Å²) in [6, 6.07) is 3.11. The van der Waals surface area contributed by atoms with E-state index in [2.05, 4.69) is 20.3 Å². The van der Waals surface area contributed by atoms with E-state index in [1.165, 1.54) is 0 Å². The van der Waals surface area contributed by atoms with Crippen LogP contribution in [0.5, 0.6) is 5.75 Å². The maximum Gasteiger partial charge on any atom is 0.208 e. The number of ether oxygens (including phenoxy) is 1. The van der Waals surface area contributed by atoms with Gasteiger partial charge in [0, 0.05) is 18.1 Å². The normalized spacial score (nSPS) is 12.1. The van der Waals surface area contributed by atoms with Gasteiger partial charge in [0.2, 0.25) is 10.0 Å². The highest BCUT2D eigenvalue weighted by atomic mass is 35.5. The van der Waals surface area contributed by atoms with Crippen LogP contribution in [0, 0.1) is 0 Å². The molecule has 0 aliphatic rings. The van der Waals surface area contributed by atoms with Crippen molar-refractivity contribution < 1.29 is 13.2 Å². The third-order valence-corrected chi connectivity index (χ3v) is 4.20. The monoisotopic (exact) mass is 430 g/mol. The second-order valence-corrected chi connectivity index (χ2v) is 7.98. The van der Waals surface area contributed by atoms with Crippen LogP contribution in [0.15, 0.2) is 17.1 Å². The molecule has 0 aromatic heterocycles. The largest absolute Gasteiger partial charge is 0.489 e. The number of rotatable bonds is 9. The highest BCUT2D eigenvalue weighted by molar-refractivity contribution is 7.88. The van der Waals surface area contributed by atoms with E-state index in [9.17, 15) is 8.42 Å². The van der Waals surface area contributed by atoms with Gasteiger partial charge in [-0.25, -0.2) is 13.1 Å². The Labute approximate surface area is 163 Å². The molecule has 7 nitrogen and oxygen atoms in total. The lowest BCUT2D eigenvalue weighted by atomic mass is 10.3. The average molecular weight is 432 g/mol. The van der Waals surface area contributed by atoms with Crippen LogP contribution in [-0.2, 0) is 10.0 Å². The minimum absolute atomic E-state index is 0.224. The van der Waals surface area contributed by atoms with Crippen LogP contribution in [0.4, 0.5) is 0 Å². The minimum atomic E-state index is -3.21. The fraction of sp³-hybridized carbons (Fsp3) is 0.500. The smallest absolute Gasteiger partial charge is 0.208 e. The molecule has 0 spiro atoms. The molecule has 0 amide bonds. The molecule has 1 aromatic rings. The molecule has 11 heteroatoms. The molecule has 0 aliphatic heterocycles. The van der Waals surface area contributed by atoms with Crippen LogP contribution in [0.1, 0.15) is 6.92 Å². The van der Waals surface area contributed by atoms with Gasteiger partial charge in [0.15, 0.2) is 11.7 Å². The van der Waals surface area contributed by atoms with Crippen LogP contribution in [-0.4, -0.2) is 53.4 Å². The van der Waals surface area contributed by atoms with Crippen molar-refractivity contribution in [3.8, 4) is 5.75 Å². The van der Waals surface area contributed by atoms with E-state index >= 15 is 0 Å². The number of hydrogen-bond donors (Lipinski definition) is 3. The van der Waals surface area contributed by atoms with Crippen molar-refractivity contribution in [3.05, 3.63) is 27.2 Å². The summed E-state index contributed by atoms with van der Waals surface area (Å²) >= 11 is 17.9. The fourth-order valence-corrected chi connectivity index (χ4v) is 3.12. The van der Waals surface area contributed by atoms with Crippen LogP contribution >= 0.6 is 34.8 Å². The number of nitrogens with zero attached hydrogens (tertiary/aromatic N) is 1. The first-order valence-corrected chi connectivity index (χ1v) is 10.5. The summed E-state index contributed by atoms with van der Waals surface area (Å²) in [5, 5.41) is 7.22. The van der Waals surface area contributed by atoms with E-state index in [-0.39, 0.29) is 6.54 Å². The third kappa shape index (κ3) is 9.37. The van der Waals surface area contributed by atoms with Crippen LogP contribution < -0.4 is 20.1 Å². The van der Waals surface area contributed by atoms with E-state index in [1.54, 1.807) is 12.1 Å². The van der Waals surface area contributed by atoms with Gasteiger partial charge in [-0.1, -0.05) is 34.8 Å². The van der Waals surface area contributed by atoms with Gasteiger partial charge in [-0.15, -0.1) is 0 Å². The summed E-state index contributed by atoms with van der Waals surface area (Å²) in [5.41, 5.74) is 0. The number of aliphatic imine (C=N–C) groups is 1. The van der Waals surface area contributed by atoms with E-state index in [4.69, 9.17) is 39.5 Å². The van der Waals surface area contributed by atoms with Gasteiger partial charge in [-0.3, -0.25) is 4.99 Å². The van der Waals surface area contributed by atoms with Crippen molar-refractivity contribution >= 4 is 50.8 Å². The average Bonchev–Trinajstić information content (AvgIpc) is 2.48. The molecular formula is C14H21Cl3N4O3S. The lowest BCUT2D eigenvalue weighted by Gasteiger charge is -2.13. The molecule has 0 saturated heterocycles. The SMILES string of the molecule is CCNC(=NCCNS(C)(=O)=O)NCCOc1c(Cl)cc(Cl)cc1Cl. The molecule has 0 fully saturated rings. The Hall–Kier alpha value is -0.930. The molecular weight excluding hydrogens is 411 g/mol. The second kappa shape index (κ2) is 10.9. The lowest BCUT2D eigenvalue weighted by molar-refractivity contribution is 0.322. The fourth-order valence-electron chi connectivity index (χ4n) is 1.73. The molecule has 0 aliphatic carbocycles. The number of halogens is 3. The molecule has 3 N–H and O–H groups in total. The van der Waals surface area contributed by atoms with Crippen molar-refractivity contribution in [1.82, 2.24) is 15.4 Å². The van der Waals surface area contributed by atoms with Crippen molar-refractivity contribution in [3.63, 3.8) is 0 Å². The number of benzene rings is 1. The Morgan fingerprint density at radius 3 is 2.36 bits per heavy atom. The lowest BCUT2D eigenvalue weighted by Crippen LogP contribution is -2.40. The Balaban J connectivity index is 2.45.